The van der Waals surface area contributed by atoms with Crippen LogP contribution in [0.5, 0.6) is 5.19 Å². The molecule has 4 atom stereocenters. The number of imide groups is 2. The first-order valence-electron chi connectivity index (χ1n) is 13.9. The number of carbonyl (C=O) groups is 5. The van der Waals surface area contributed by atoms with Crippen LogP contribution in [0.2, 0.25) is 0 Å². The number of benzene rings is 1. The Kier molecular flexibility index (Phi) is 6.16. The van der Waals surface area contributed by atoms with Crippen molar-refractivity contribution in [2.45, 2.75) is 68.6 Å². The zero-order chi connectivity index (χ0) is 27.8. The second-order valence-electron chi connectivity index (χ2n) is 12.0. The molecule has 8 rings (SSSR count). The van der Waals surface area contributed by atoms with Gasteiger partial charge >= 0.3 is 5.97 Å². The number of nitrogens with zero attached hydrogens (tertiary/aromatic N) is 2. The van der Waals surface area contributed by atoms with Gasteiger partial charge in [0.15, 0.2) is 0 Å². The molecule has 1 aromatic carbocycles. The maximum Gasteiger partial charge on any atom is 0.319 e. The molecular formula is C29H29N3O6S2. The van der Waals surface area contributed by atoms with Gasteiger partial charge in [-0.2, -0.15) is 0 Å². The molecule has 2 aliphatic heterocycles. The van der Waals surface area contributed by atoms with Crippen molar-refractivity contribution >= 4 is 52.7 Å². The predicted molar refractivity (Wildman–Crippen MR) is 146 cm³/mol. The van der Waals surface area contributed by atoms with Gasteiger partial charge in [-0.05, 0) is 74.3 Å². The first kappa shape index (κ1) is 25.9. The smallest absolute Gasteiger partial charge is 0.319 e. The summed E-state index contributed by atoms with van der Waals surface area (Å²) in [6.07, 6.45) is 5.78. The summed E-state index contributed by atoms with van der Waals surface area (Å²) in [4.78, 5) is 70.0. The largest absolute Gasteiger partial charge is 0.397 e. The number of piperidine rings is 1. The number of carbonyl (C=O) groups excluding carboxylic acids is 5. The van der Waals surface area contributed by atoms with Crippen molar-refractivity contribution in [3.05, 3.63) is 40.4 Å². The summed E-state index contributed by atoms with van der Waals surface area (Å²) in [5, 5.41) is 4.41. The number of hydrogen-bond acceptors (Lipinski definition) is 9. The number of esters is 1. The minimum atomic E-state index is -1.00. The van der Waals surface area contributed by atoms with Crippen LogP contribution in [0.3, 0.4) is 0 Å². The van der Waals surface area contributed by atoms with Crippen LogP contribution in [-0.2, 0) is 20.1 Å². The molecule has 9 nitrogen and oxygen atoms in total. The van der Waals surface area contributed by atoms with Crippen molar-refractivity contribution in [1.29, 1.82) is 0 Å². The van der Waals surface area contributed by atoms with Gasteiger partial charge in [-0.15, -0.1) is 11.8 Å². The fraction of sp³-hybridized carbons (Fsp3) is 0.517. The Morgan fingerprint density at radius 1 is 1.15 bits per heavy atom. The second-order valence-corrected chi connectivity index (χ2v) is 13.8. The number of hydrogen-bond donors (Lipinski definition) is 1. The zero-order valence-electron chi connectivity index (χ0n) is 22.0. The van der Waals surface area contributed by atoms with Crippen molar-refractivity contribution in [2.75, 3.05) is 0 Å². The van der Waals surface area contributed by atoms with Gasteiger partial charge in [0.2, 0.25) is 11.8 Å². The van der Waals surface area contributed by atoms with Gasteiger partial charge in [0.1, 0.15) is 6.04 Å². The third-order valence-electron chi connectivity index (χ3n) is 9.75. The number of amides is 4. The molecule has 4 bridgehead atoms. The Hall–Kier alpha value is -3.05. The molecule has 4 aliphatic carbocycles. The standard InChI is InChI=1S/C29H29N3O6S2/c1-14-17-8-15-7-16(9-17)11-29(14,10-15)27(37)38-28-30-18(13-40-28)12-39-21-4-2-3-19-23(21)26(36)32(25(19)35)20-5-6-22(33)31-24(20)34/h2-4,13-17,20H,5-12H2,1H3,(H,31,33,34). The number of fused-ring (bicyclic) bond motifs is 1. The van der Waals surface area contributed by atoms with Gasteiger partial charge in [-0.25, -0.2) is 4.98 Å². The Morgan fingerprint density at radius 3 is 2.67 bits per heavy atom. The maximum atomic E-state index is 13.5. The van der Waals surface area contributed by atoms with Crippen molar-refractivity contribution in [2.24, 2.45) is 29.1 Å². The number of nitrogens with one attached hydrogen (secondary N) is 1. The van der Waals surface area contributed by atoms with Crippen LogP contribution in [0.25, 0.3) is 0 Å². The first-order valence-corrected chi connectivity index (χ1v) is 15.7. The summed E-state index contributed by atoms with van der Waals surface area (Å²) in [5.74, 6) is 0.411. The van der Waals surface area contributed by atoms with E-state index in [0.717, 1.165) is 17.7 Å². The Morgan fingerprint density at radius 2 is 1.93 bits per heavy atom. The number of aromatic nitrogens is 1. The highest BCUT2D eigenvalue weighted by molar-refractivity contribution is 7.98. The molecule has 11 heteroatoms. The molecule has 2 aromatic rings. The highest BCUT2D eigenvalue weighted by Crippen LogP contribution is 2.63. The van der Waals surface area contributed by atoms with Crippen LogP contribution < -0.4 is 10.1 Å². The minimum absolute atomic E-state index is 0.0733. The number of thioether (sulfide) groups is 1. The van der Waals surface area contributed by atoms with E-state index in [1.807, 2.05) is 5.38 Å². The molecule has 4 saturated carbocycles. The van der Waals surface area contributed by atoms with Crippen molar-refractivity contribution in [3.8, 4) is 5.19 Å². The molecule has 1 aromatic heterocycles. The molecule has 208 valence electrons. The van der Waals surface area contributed by atoms with E-state index in [9.17, 15) is 24.0 Å². The molecule has 0 radical (unpaired) electrons. The molecule has 5 fully saturated rings. The predicted octanol–water partition coefficient (Wildman–Crippen LogP) is 4.20. The summed E-state index contributed by atoms with van der Waals surface area (Å²) in [6, 6.07) is 4.05. The van der Waals surface area contributed by atoms with Gasteiger partial charge in [0.05, 0.1) is 22.2 Å². The lowest BCUT2D eigenvalue weighted by Crippen LogP contribution is -2.56. The van der Waals surface area contributed by atoms with Crippen LogP contribution in [0.15, 0.2) is 28.5 Å². The average molecular weight is 580 g/mol. The SMILES string of the molecule is CC1C2CC3CC(C2)CC1(C(=O)Oc1nc(CSc2cccc4c2C(=O)N(C2CCC(=O)NC2=O)C4=O)cs1)C3. The average Bonchev–Trinajstić information content (AvgIpc) is 3.47. The van der Waals surface area contributed by atoms with E-state index in [-0.39, 0.29) is 35.4 Å². The van der Waals surface area contributed by atoms with Gasteiger partial charge in [0, 0.05) is 22.4 Å². The monoisotopic (exact) mass is 579 g/mol. The number of rotatable bonds is 6. The van der Waals surface area contributed by atoms with Crippen LogP contribution in [-0.4, -0.2) is 45.5 Å². The molecule has 4 unspecified atom stereocenters. The lowest BCUT2D eigenvalue weighted by atomic mass is 9.45. The highest BCUT2D eigenvalue weighted by atomic mass is 32.2. The second kappa shape index (κ2) is 9.51. The normalized spacial score (nSPS) is 32.4. The van der Waals surface area contributed by atoms with E-state index in [2.05, 4.69) is 17.2 Å². The maximum absolute atomic E-state index is 13.5. The zero-order valence-corrected chi connectivity index (χ0v) is 23.6. The van der Waals surface area contributed by atoms with Crippen molar-refractivity contribution < 1.29 is 28.7 Å². The van der Waals surface area contributed by atoms with Gasteiger partial charge in [-0.1, -0.05) is 24.3 Å². The van der Waals surface area contributed by atoms with Crippen molar-refractivity contribution in [1.82, 2.24) is 15.2 Å². The molecule has 0 spiro atoms. The quantitative estimate of drug-likeness (QED) is 0.307. The van der Waals surface area contributed by atoms with Gasteiger partial charge in [-0.3, -0.25) is 34.2 Å². The van der Waals surface area contributed by atoms with Crippen LogP contribution in [0.4, 0.5) is 0 Å². The van der Waals surface area contributed by atoms with Gasteiger partial charge in [0.25, 0.3) is 17.0 Å². The lowest BCUT2D eigenvalue weighted by Gasteiger charge is -2.58. The van der Waals surface area contributed by atoms with Crippen LogP contribution in [0, 0.1) is 29.1 Å². The fourth-order valence-electron chi connectivity index (χ4n) is 7.99. The molecule has 4 amide bonds. The molecule has 1 saturated heterocycles. The van der Waals surface area contributed by atoms with Crippen LogP contribution in [0.1, 0.15) is 78.3 Å². The topological polar surface area (TPSA) is 123 Å². The van der Waals surface area contributed by atoms with E-state index in [1.165, 1.54) is 42.4 Å². The number of ether oxygens (including phenoxy) is 1. The highest BCUT2D eigenvalue weighted by Gasteiger charge is 2.60. The molecular weight excluding hydrogens is 550 g/mol. The number of thiazole rings is 1. The summed E-state index contributed by atoms with van der Waals surface area (Å²) in [7, 11) is 0. The Bertz CT molecular complexity index is 1460. The fourth-order valence-corrected chi connectivity index (χ4v) is 9.73. The Labute approximate surface area is 239 Å². The molecule has 1 N–H and O–H groups in total. The lowest BCUT2D eigenvalue weighted by molar-refractivity contribution is -0.172. The van der Waals surface area contributed by atoms with E-state index in [1.54, 1.807) is 18.2 Å². The van der Waals surface area contributed by atoms with Crippen LogP contribution >= 0.6 is 23.1 Å². The van der Waals surface area contributed by atoms with Gasteiger partial charge < -0.3 is 4.74 Å². The third-order valence-corrected chi connectivity index (χ3v) is 11.6. The first-order chi connectivity index (χ1) is 19.2. The molecule has 40 heavy (non-hydrogen) atoms. The molecule has 3 heterocycles. The van der Waals surface area contributed by atoms with Crippen molar-refractivity contribution in [3.63, 3.8) is 0 Å². The summed E-state index contributed by atoms with van der Waals surface area (Å²) in [6.45, 7) is 2.22. The third kappa shape index (κ3) is 4.03. The summed E-state index contributed by atoms with van der Waals surface area (Å²) >= 11 is 2.66. The van der Waals surface area contributed by atoms with E-state index in [0.29, 0.717) is 45.2 Å². The van der Waals surface area contributed by atoms with E-state index in [4.69, 9.17) is 4.74 Å². The summed E-state index contributed by atoms with van der Waals surface area (Å²) in [5.41, 5.74) is 0.839. The Balaban J connectivity index is 1.04. The minimum Gasteiger partial charge on any atom is -0.397 e. The van der Waals surface area contributed by atoms with E-state index < -0.39 is 29.7 Å². The van der Waals surface area contributed by atoms with E-state index >= 15 is 0 Å². The molecule has 6 aliphatic rings. The summed E-state index contributed by atoms with van der Waals surface area (Å²) < 4.78 is 5.90.